The minimum Gasteiger partial charge on any atom is -0.456 e. The van der Waals surface area contributed by atoms with Gasteiger partial charge in [-0.1, -0.05) is 13.8 Å². The Morgan fingerprint density at radius 2 is 2.17 bits per heavy atom. The summed E-state index contributed by atoms with van der Waals surface area (Å²) < 4.78 is 5.37. The fraction of sp³-hybridized carbons (Fsp3) is 0.615. The van der Waals surface area contributed by atoms with E-state index in [1.807, 2.05) is 17.9 Å². The molecular weight excluding hydrogens is 252 g/mol. The molecule has 1 fully saturated rings. The fourth-order valence-corrected chi connectivity index (χ4v) is 2.25. The van der Waals surface area contributed by atoms with E-state index >= 15 is 0 Å². The predicted molar refractivity (Wildman–Crippen MR) is 73.0 cm³/mol. The molecular formula is C13H21ClN2O2. The SMILES string of the molecule is Cc1ccc(C(=O)N2CCC(N)C(C)(C)C2)o1.Cl. The normalized spacial score (nSPS) is 22.4. The van der Waals surface area contributed by atoms with E-state index in [1.165, 1.54) is 0 Å². The average molecular weight is 273 g/mol. The van der Waals surface area contributed by atoms with Crippen LogP contribution in [0.3, 0.4) is 0 Å². The Morgan fingerprint density at radius 3 is 2.67 bits per heavy atom. The van der Waals surface area contributed by atoms with Crippen molar-refractivity contribution >= 4 is 18.3 Å². The number of nitrogens with zero attached hydrogens (tertiary/aromatic N) is 1. The molecule has 0 aromatic carbocycles. The summed E-state index contributed by atoms with van der Waals surface area (Å²) in [6.07, 6.45) is 0.846. The Balaban J connectivity index is 0.00000162. The summed E-state index contributed by atoms with van der Waals surface area (Å²) in [5.41, 5.74) is 6.02. The van der Waals surface area contributed by atoms with Gasteiger partial charge in [-0.05, 0) is 30.9 Å². The van der Waals surface area contributed by atoms with E-state index in [9.17, 15) is 4.79 Å². The Bertz CT molecular complexity index is 428. The number of aryl methyl sites for hydroxylation is 1. The van der Waals surface area contributed by atoms with Crippen LogP contribution in [0.15, 0.2) is 16.5 Å². The zero-order chi connectivity index (χ0) is 12.6. The number of rotatable bonds is 1. The lowest BCUT2D eigenvalue weighted by Crippen LogP contribution is -2.53. The van der Waals surface area contributed by atoms with Crippen LogP contribution >= 0.6 is 12.4 Å². The minimum atomic E-state index is -0.0322. The van der Waals surface area contributed by atoms with Crippen LogP contribution in [-0.4, -0.2) is 29.9 Å². The summed E-state index contributed by atoms with van der Waals surface area (Å²) in [4.78, 5) is 14.0. The van der Waals surface area contributed by atoms with E-state index in [0.29, 0.717) is 18.8 Å². The Labute approximate surface area is 114 Å². The molecule has 2 N–H and O–H groups in total. The Kier molecular flexibility index (Phi) is 4.46. The number of piperidine rings is 1. The molecule has 5 heteroatoms. The number of furan rings is 1. The van der Waals surface area contributed by atoms with Crippen LogP contribution in [0.1, 0.15) is 36.6 Å². The Hall–Kier alpha value is -1.00. The lowest BCUT2D eigenvalue weighted by molar-refractivity contribution is 0.0502. The molecule has 0 radical (unpaired) electrons. The maximum absolute atomic E-state index is 12.2. The molecule has 1 aromatic rings. The second kappa shape index (κ2) is 5.33. The van der Waals surface area contributed by atoms with Gasteiger partial charge >= 0.3 is 0 Å². The van der Waals surface area contributed by atoms with Crippen LogP contribution in [0, 0.1) is 12.3 Å². The number of amides is 1. The third-order valence-electron chi connectivity index (χ3n) is 3.55. The predicted octanol–water partition coefficient (Wildman–Crippen LogP) is 2.21. The van der Waals surface area contributed by atoms with E-state index < -0.39 is 0 Å². The van der Waals surface area contributed by atoms with Crippen molar-refractivity contribution in [1.29, 1.82) is 0 Å². The maximum Gasteiger partial charge on any atom is 0.289 e. The number of carbonyl (C=O) groups excluding carboxylic acids is 1. The molecule has 1 saturated heterocycles. The van der Waals surface area contributed by atoms with Gasteiger partial charge in [0, 0.05) is 19.1 Å². The van der Waals surface area contributed by atoms with Crippen molar-refractivity contribution in [1.82, 2.24) is 4.90 Å². The third kappa shape index (κ3) is 2.87. The highest BCUT2D eigenvalue weighted by atomic mass is 35.5. The van der Waals surface area contributed by atoms with Crippen molar-refractivity contribution in [2.45, 2.75) is 33.2 Å². The number of likely N-dealkylation sites (tertiary alicyclic amines) is 1. The van der Waals surface area contributed by atoms with Gasteiger partial charge in [0.2, 0.25) is 0 Å². The molecule has 1 amide bonds. The standard InChI is InChI=1S/C13H20N2O2.ClH/c1-9-4-5-10(17-9)12(16)15-7-6-11(14)13(2,3)8-15;/h4-5,11H,6-8,14H2,1-3H3;1H. The highest BCUT2D eigenvalue weighted by Gasteiger charge is 2.36. The molecule has 0 spiro atoms. The summed E-state index contributed by atoms with van der Waals surface area (Å²) in [6, 6.07) is 3.71. The van der Waals surface area contributed by atoms with Crippen molar-refractivity contribution < 1.29 is 9.21 Å². The third-order valence-corrected chi connectivity index (χ3v) is 3.55. The smallest absolute Gasteiger partial charge is 0.289 e. The van der Waals surface area contributed by atoms with Gasteiger partial charge in [0.25, 0.3) is 5.91 Å². The summed E-state index contributed by atoms with van der Waals surface area (Å²) in [6.45, 7) is 7.44. The summed E-state index contributed by atoms with van der Waals surface area (Å²) >= 11 is 0. The van der Waals surface area contributed by atoms with Gasteiger partial charge in [0.1, 0.15) is 5.76 Å². The van der Waals surface area contributed by atoms with E-state index in [1.54, 1.807) is 6.07 Å². The molecule has 4 nitrogen and oxygen atoms in total. The first-order valence-electron chi connectivity index (χ1n) is 6.01. The number of hydrogen-bond donors (Lipinski definition) is 1. The van der Waals surface area contributed by atoms with Crippen molar-refractivity contribution in [2.75, 3.05) is 13.1 Å². The molecule has 0 aliphatic carbocycles. The fourth-order valence-electron chi connectivity index (χ4n) is 2.25. The highest BCUT2D eigenvalue weighted by molar-refractivity contribution is 5.91. The maximum atomic E-state index is 12.2. The topological polar surface area (TPSA) is 59.5 Å². The van der Waals surface area contributed by atoms with Crippen LogP contribution in [0.4, 0.5) is 0 Å². The van der Waals surface area contributed by atoms with Crippen LogP contribution in [0.5, 0.6) is 0 Å². The van der Waals surface area contributed by atoms with Gasteiger partial charge < -0.3 is 15.1 Å². The first-order valence-corrected chi connectivity index (χ1v) is 6.01. The van der Waals surface area contributed by atoms with Crippen LogP contribution in [0.25, 0.3) is 0 Å². The first kappa shape index (κ1) is 15.1. The van der Waals surface area contributed by atoms with Crippen molar-refractivity contribution in [3.8, 4) is 0 Å². The molecule has 18 heavy (non-hydrogen) atoms. The second-order valence-corrected chi connectivity index (χ2v) is 5.52. The molecule has 1 aromatic heterocycles. The minimum absolute atomic E-state index is 0. The summed E-state index contributed by atoms with van der Waals surface area (Å²) in [5.74, 6) is 1.16. The van der Waals surface area contributed by atoms with Gasteiger partial charge in [0.15, 0.2) is 5.76 Å². The monoisotopic (exact) mass is 272 g/mol. The number of nitrogens with two attached hydrogens (primary N) is 1. The van der Waals surface area contributed by atoms with Gasteiger partial charge in [-0.15, -0.1) is 12.4 Å². The quantitative estimate of drug-likeness (QED) is 0.853. The van der Waals surface area contributed by atoms with Crippen LogP contribution < -0.4 is 5.73 Å². The van der Waals surface area contributed by atoms with E-state index in [4.69, 9.17) is 10.2 Å². The van der Waals surface area contributed by atoms with E-state index in [0.717, 1.165) is 12.2 Å². The summed E-state index contributed by atoms with van der Waals surface area (Å²) in [5, 5.41) is 0. The molecule has 102 valence electrons. The molecule has 0 bridgehead atoms. The average Bonchev–Trinajstić information content (AvgIpc) is 2.68. The number of halogens is 1. The first-order chi connectivity index (χ1) is 7.90. The molecule has 2 heterocycles. The van der Waals surface area contributed by atoms with Crippen molar-refractivity contribution in [3.05, 3.63) is 23.7 Å². The number of hydrogen-bond acceptors (Lipinski definition) is 3. The molecule has 2 rings (SSSR count). The van der Waals surface area contributed by atoms with E-state index in [2.05, 4.69) is 13.8 Å². The zero-order valence-corrected chi connectivity index (χ0v) is 11.9. The molecule has 0 saturated carbocycles. The van der Waals surface area contributed by atoms with Crippen molar-refractivity contribution in [3.63, 3.8) is 0 Å². The molecule has 1 unspecified atom stereocenters. The van der Waals surface area contributed by atoms with Gasteiger partial charge in [-0.3, -0.25) is 4.79 Å². The van der Waals surface area contributed by atoms with Gasteiger partial charge in [0.05, 0.1) is 0 Å². The highest BCUT2D eigenvalue weighted by Crippen LogP contribution is 2.28. The largest absolute Gasteiger partial charge is 0.456 e. The molecule has 1 atom stereocenters. The number of carbonyl (C=O) groups is 1. The molecule has 1 aliphatic heterocycles. The van der Waals surface area contributed by atoms with Gasteiger partial charge in [-0.25, -0.2) is 0 Å². The molecule has 1 aliphatic rings. The lowest BCUT2D eigenvalue weighted by atomic mass is 9.79. The van der Waals surface area contributed by atoms with Crippen LogP contribution in [0.2, 0.25) is 0 Å². The zero-order valence-electron chi connectivity index (χ0n) is 11.1. The van der Waals surface area contributed by atoms with Crippen molar-refractivity contribution in [2.24, 2.45) is 11.1 Å². The Morgan fingerprint density at radius 1 is 1.50 bits per heavy atom. The van der Waals surface area contributed by atoms with E-state index in [-0.39, 0.29) is 29.8 Å². The lowest BCUT2D eigenvalue weighted by Gasteiger charge is -2.42. The second-order valence-electron chi connectivity index (χ2n) is 5.52. The van der Waals surface area contributed by atoms with Gasteiger partial charge in [-0.2, -0.15) is 0 Å². The summed E-state index contributed by atoms with van der Waals surface area (Å²) in [7, 11) is 0. The van der Waals surface area contributed by atoms with Crippen LogP contribution in [-0.2, 0) is 0 Å².